The molecule has 0 aromatic heterocycles. The van der Waals surface area contributed by atoms with Crippen LogP contribution in [-0.2, 0) is 13.2 Å². The first-order chi connectivity index (χ1) is 21.7. The van der Waals surface area contributed by atoms with Crippen molar-refractivity contribution in [1.82, 2.24) is 0 Å². The molecular weight excluding hydrogens is 552 g/mol. The lowest BCUT2D eigenvalue weighted by molar-refractivity contribution is 0.232. The van der Waals surface area contributed by atoms with Crippen LogP contribution in [0, 0.1) is 0 Å². The number of benzene rings is 4. The normalized spacial score (nSPS) is 13.5. The Hall–Kier alpha value is -4.58. The van der Waals surface area contributed by atoms with Crippen molar-refractivity contribution in [1.29, 1.82) is 0 Å². The number of rotatable bonds is 16. The maximum atomic E-state index is 6.60. The standard InChI is InChI=1S/C38H42O6/c1-4-6-20-40-31-24-34(41-21-7-5-2)32-18-19-33(44-35(32)25-31)30-22-36(39-3)38(43-27-29-16-12-9-13-17-29)37(23-30)42-26-28-14-10-8-11-15-28/h8-19,22-25,33H,4-7,20-21,26-27H2,1-3H3. The fourth-order valence-corrected chi connectivity index (χ4v) is 4.87. The molecule has 6 nitrogen and oxygen atoms in total. The number of ether oxygens (including phenoxy) is 6. The van der Waals surface area contributed by atoms with Gasteiger partial charge in [-0.15, -0.1) is 0 Å². The largest absolute Gasteiger partial charge is 0.493 e. The third-order valence-electron chi connectivity index (χ3n) is 7.35. The summed E-state index contributed by atoms with van der Waals surface area (Å²) in [5, 5.41) is 0. The molecule has 1 atom stereocenters. The predicted molar refractivity (Wildman–Crippen MR) is 174 cm³/mol. The number of fused-ring (bicyclic) bond motifs is 1. The molecule has 6 heteroatoms. The van der Waals surface area contributed by atoms with E-state index in [1.54, 1.807) is 7.11 Å². The zero-order valence-electron chi connectivity index (χ0n) is 25.9. The van der Waals surface area contributed by atoms with Crippen LogP contribution in [0.5, 0.6) is 34.5 Å². The van der Waals surface area contributed by atoms with Crippen LogP contribution in [-0.4, -0.2) is 20.3 Å². The molecule has 1 aliphatic rings. The summed E-state index contributed by atoms with van der Waals surface area (Å²) < 4.78 is 37.4. The summed E-state index contributed by atoms with van der Waals surface area (Å²) in [6.45, 7) is 6.36. The first-order valence-corrected chi connectivity index (χ1v) is 15.5. The van der Waals surface area contributed by atoms with Gasteiger partial charge in [-0.05, 0) is 48.3 Å². The average molecular weight is 595 g/mol. The second kappa shape index (κ2) is 15.8. The number of methoxy groups -OCH3 is 1. The number of unbranched alkanes of at least 4 members (excludes halogenated alkanes) is 2. The highest BCUT2D eigenvalue weighted by Gasteiger charge is 2.25. The summed E-state index contributed by atoms with van der Waals surface area (Å²) in [7, 11) is 1.64. The summed E-state index contributed by atoms with van der Waals surface area (Å²) in [6.07, 6.45) is 7.81. The van der Waals surface area contributed by atoms with E-state index in [-0.39, 0.29) is 6.10 Å². The Morgan fingerprint density at radius 3 is 1.95 bits per heavy atom. The van der Waals surface area contributed by atoms with E-state index < -0.39 is 0 Å². The Balaban J connectivity index is 1.45. The Kier molecular flexibility index (Phi) is 11.1. The fourth-order valence-electron chi connectivity index (χ4n) is 4.87. The Bertz CT molecular complexity index is 1500. The second-order valence-corrected chi connectivity index (χ2v) is 10.7. The van der Waals surface area contributed by atoms with E-state index >= 15 is 0 Å². The summed E-state index contributed by atoms with van der Waals surface area (Å²) in [5.74, 6) is 3.94. The summed E-state index contributed by atoms with van der Waals surface area (Å²) >= 11 is 0. The molecule has 0 saturated heterocycles. The van der Waals surface area contributed by atoms with Crippen molar-refractivity contribution in [3.05, 3.63) is 113 Å². The van der Waals surface area contributed by atoms with E-state index in [9.17, 15) is 0 Å². The minimum atomic E-state index is -0.381. The van der Waals surface area contributed by atoms with E-state index in [1.807, 2.05) is 91.0 Å². The first kappa shape index (κ1) is 30.9. The Labute approximate surface area is 261 Å². The minimum Gasteiger partial charge on any atom is -0.493 e. The van der Waals surface area contributed by atoms with Crippen LogP contribution >= 0.6 is 0 Å². The van der Waals surface area contributed by atoms with Gasteiger partial charge in [0.25, 0.3) is 0 Å². The second-order valence-electron chi connectivity index (χ2n) is 10.7. The molecule has 1 unspecified atom stereocenters. The van der Waals surface area contributed by atoms with Crippen molar-refractivity contribution in [2.75, 3.05) is 20.3 Å². The zero-order valence-corrected chi connectivity index (χ0v) is 25.9. The maximum absolute atomic E-state index is 6.60. The van der Waals surface area contributed by atoms with Gasteiger partial charge in [0, 0.05) is 17.7 Å². The van der Waals surface area contributed by atoms with Gasteiger partial charge < -0.3 is 28.4 Å². The van der Waals surface area contributed by atoms with Gasteiger partial charge in [0.05, 0.1) is 25.9 Å². The van der Waals surface area contributed by atoms with Gasteiger partial charge in [-0.1, -0.05) is 87.4 Å². The predicted octanol–water partition coefficient (Wildman–Crippen LogP) is 9.36. The monoisotopic (exact) mass is 594 g/mol. The molecule has 1 aliphatic heterocycles. The molecule has 1 heterocycles. The van der Waals surface area contributed by atoms with E-state index in [2.05, 4.69) is 19.9 Å². The van der Waals surface area contributed by atoms with Crippen molar-refractivity contribution in [3.63, 3.8) is 0 Å². The quantitative estimate of drug-likeness (QED) is 0.121. The Morgan fingerprint density at radius 2 is 1.30 bits per heavy atom. The Morgan fingerprint density at radius 1 is 0.659 bits per heavy atom. The lowest BCUT2D eigenvalue weighted by atomic mass is 10.0. The smallest absolute Gasteiger partial charge is 0.203 e. The fraction of sp³-hybridized carbons (Fsp3) is 0.316. The summed E-state index contributed by atoms with van der Waals surface area (Å²) in [4.78, 5) is 0. The molecule has 0 fully saturated rings. The SMILES string of the molecule is CCCCOc1cc(OCCCC)c2c(c1)OC(c1cc(OC)c(OCc3ccccc3)c(OCc3ccccc3)c1)C=C2. The molecule has 4 aromatic rings. The van der Waals surface area contributed by atoms with Gasteiger partial charge in [0.1, 0.15) is 36.6 Å². The zero-order chi connectivity index (χ0) is 30.6. The molecule has 230 valence electrons. The van der Waals surface area contributed by atoms with Crippen LogP contribution in [0.25, 0.3) is 6.08 Å². The minimum absolute atomic E-state index is 0.381. The molecule has 0 spiro atoms. The van der Waals surface area contributed by atoms with Crippen LogP contribution in [0.15, 0.2) is 91.0 Å². The van der Waals surface area contributed by atoms with E-state index in [4.69, 9.17) is 28.4 Å². The van der Waals surface area contributed by atoms with Gasteiger partial charge in [-0.2, -0.15) is 0 Å². The number of hydrogen-bond acceptors (Lipinski definition) is 6. The van der Waals surface area contributed by atoms with Crippen molar-refractivity contribution < 1.29 is 28.4 Å². The van der Waals surface area contributed by atoms with Crippen LogP contribution < -0.4 is 28.4 Å². The van der Waals surface area contributed by atoms with Crippen molar-refractivity contribution in [2.45, 2.75) is 58.8 Å². The van der Waals surface area contributed by atoms with Crippen LogP contribution in [0.4, 0.5) is 0 Å². The third-order valence-corrected chi connectivity index (χ3v) is 7.35. The molecular formula is C38H42O6. The average Bonchev–Trinajstić information content (AvgIpc) is 3.07. The van der Waals surface area contributed by atoms with Crippen LogP contribution in [0.1, 0.15) is 67.9 Å². The van der Waals surface area contributed by atoms with Crippen LogP contribution in [0.3, 0.4) is 0 Å². The lowest BCUT2D eigenvalue weighted by Gasteiger charge is -2.26. The van der Waals surface area contributed by atoms with Crippen LogP contribution in [0.2, 0.25) is 0 Å². The van der Waals surface area contributed by atoms with Crippen molar-refractivity contribution in [2.24, 2.45) is 0 Å². The highest BCUT2D eigenvalue weighted by atomic mass is 16.5. The molecule has 5 rings (SSSR count). The molecule has 0 bridgehead atoms. The molecule has 0 aliphatic carbocycles. The van der Waals surface area contributed by atoms with E-state index in [0.717, 1.165) is 59.4 Å². The summed E-state index contributed by atoms with van der Waals surface area (Å²) in [5.41, 5.74) is 3.90. The maximum Gasteiger partial charge on any atom is 0.203 e. The highest BCUT2D eigenvalue weighted by Crippen LogP contribution is 2.45. The molecule has 0 amide bonds. The molecule has 4 aromatic carbocycles. The van der Waals surface area contributed by atoms with Crippen molar-refractivity contribution >= 4 is 6.08 Å². The summed E-state index contributed by atoms with van der Waals surface area (Å²) in [6, 6.07) is 28.0. The van der Waals surface area contributed by atoms with Gasteiger partial charge >= 0.3 is 0 Å². The topological polar surface area (TPSA) is 55.4 Å². The van der Waals surface area contributed by atoms with E-state index in [0.29, 0.717) is 49.4 Å². The molecule has 0 N–H and O–H groups in total. The highest BCUT2D eigenvalue weighted by molar-refractivity contribution is 5.69. The van der Waals surface area contributed by atoms with Gasteiger partial charge in [0.2, 0.25) is 5.75 Å². The molecule has 0 saturated carbocycles. The first-order valence-electron chi connectivity index (χ1n) is 15.5. The van der Waals surface area contributed by atoms with Crippen molar-refractivity contribution in [3.8, 4) is 34.5 Å². The van der Waals surface area contributed by atoms with Gasteiger partial charge in [0.15, 0.2) is 11.5 Å². The van der Waals surface area contributed by atoms with E-state index in [1.165, 1.54) is 0 Å². The molecule has 44 heavy (non-hydrogen) atoms. The van der Waals surface area contributed by atoms with Gasteiger partial charge in [-0.25, -0.2) is 0 Å². The number of hydrogen-bond donors (Lipinski definition) is 0. The van der Waals surface area contributed by atoms with Gasteiger partial charge in [-0.3, -0.25) is 0 Å². The lowest BCUT2D eigenvalue weighted by Crippen LogP contribution is -2.12. The third kappa shape index (κ3) is 8.07. The molecule has 0 radical (unpaired) electrons.